The lowest BCUT2D eigenvalue weighted by Gasteiger charge is -2.11. The van der Waals surface area contributed by atoms with E-state index >= 15 is 0 Å². The van der Waals surface area contributed by atoms with E-state index in [1.165, 1.54) is 13.4 Å². The van der Waals surface area contributed by atoms with Gasteiger partial charge in [0.25, 0.3) is 0 Å². The summed E-state index contributed by atoms with van der Waals surface area (Å²) in [5.41, 5.74) is 0. The van der Waals surface area contributed by atoms with Crippen molar-refractivity contribution in [3.05, 3.63) is 12.2 Å². The van der Waals surface area contributed by atoms with Crippen molar-refractivity contribution in [1.82, 2.24) is 14.8 Å². The molecule has 0 aliphatic carbocycles. The van der Waals surface area contributed by atoms with E-state index in [-0.39, 0.29) is 24.3 Å². The Balaban J connectivity index is 2.72. The quantitative estimate of drug-likeness (QED) is 0.729. The lowest BCUT2D eigenvalue weighted by Crippen LogP contribution is -2.23. The van der Waals surface area contributed by atoms with E-state index in [0.717, 1.165) is 0 Å². The molecule has 5 heteroatoms. The molecule has 0 saturated carbocycles. The first-order valence-electron chi connectivity index (χ1n) is 5.00. The highest BCUT2D eigenvalue weighted by atomic mass is 16.5. The maximum absolute atomic E-state index is 11.6. The van der Waals surface area contributed by atoms with Crippen LogP contribution in [0, 0.1) is 0 Å². The zero-order valence-corrected chi connectivity index (χ0v) is 9.60. The molecule has 1 atom stereocenters. The molecule has 0 radical (unpaired) electrons. The fourth-order valence-electron chi connectivity index (χ4n) is 1.26. The summed E-state index contributed by atoms with van der Waals surface area (Å²) in [6.07, 6.45) is 1.36. The molecule has 84 valence electrons. The number of ether oxygens (including phenoxy) is 1. The third-order valence-corrected chi connectivity index (χ3v) is 2.28. The average Bonchev–Trinajstić information content (AvgIpc) is 2.64. The number of methoxy groups -OCH3 is 1. The van der Waals surface area contributed by atoms with Crippen LogP contribution < -0.4 is 0 Å². The number of aromatic nitrogens is 3. The highest BCUT2D eigenvalue weighted by Gasteiger charge is 2.16. The van der Waals surface area contributed by atoms with Gasteiger partial charge in [-0.05, 0) is 20.8 Å². The van der Waals surface area contributed by atoms with Gasteiger partial charge in [-0.25, -0.2) is 9.67 Å². The molecule has 0 spiro atoms. The normalized spacial score (nSPS) is 13.1. The van der Waals surface area contributed by atoms with E-state index in [1.54, 1.807) is 11.6 Å². The smallest absolute Gasteiger partial charge is 0.168 e. The number of hydrogen-bond donors (Lipinski definition) is 0. The zero-order valence-electron chi connectivity index (χ0n) is 9.60. The Bertz CT molecular complexity index is 333. The second-order valence-corrected chi connectivity index (χ2v) is 3.74. The Morgan fingerprint density at radius 2 is 2.20 bits per heavy atom. The van der Waals surface area contributed by atoms with Crippen molar-refractivity contribution in [3.63, 3.8) is 0 Å². The van der Waals surface area contributed by atoms with E-state index in [1.807, 2.05) is 13.8 Å². The maximum Gasteiger partial charge on any atom is 0.168 e. The number of rotatable bonds is 5. The summed E-state index contributed by atoms with van der Waals surface area (Å²) in [6, 6.07) is 0.216. The highest BCUT2D eigenvalue weighted by molar-refractivity contribution is 5.84. The zero-order chi connectivity index (χ0) is 11.4. The molecule has 5 nitrogen and oxygen atoms in total. The average molecular weight is 211 g/mol. The Kier molecular flexibility index (Phi) is 3.96. The van der Waals surface area contributed by atoms with Crippen LogP contribution in [0.4, 0.5) is 0 Å². The van der Waals surface area contributed by atoms with Crippen LogP contribution in [0.25, 0.3) is 0 Å². The van der Waals surface area contributed by atoms with E-state index in [4.69, 9.17) is 4.74 Å². The number of nitrogens with zero attached hydrogens (tertiary/aromatic N) is 3. The molecule has 0 saturated heterocycles. The van der Waals surface area contributed by atoms with Gasteiger partial charge in [0, 0.05) is 13.2 Å². The second kappa shape index (κ2) is 5.02. The van der Waals surface area contributed by atoms with Crippen molar-refractivity contribution in [2.24, 2.45) is 0 Å². The number of ketones is 1. The third kappa shape index (κ3) is 2.86. The lowest BCUT2D eigenvalue weighted by molar-refractivity contribution is -0.127. The standard InChI is InChI=1S/C10H17N3O2/c1-7(2)13-10(11-6-12-13)5-9(14)8(3)15-4/h6-8H,5H2,1-4H3. The Hall–Kier alpha value is -1.23. The summed E-state index contributed by atoms with van der Waals surface area (Å²) in [5, 5.41) is 4.07. The van der Waals surface area contributed by atoms with Gasteiger partial charge < -0.3 is 4.74 Å². The summed E-state index contributed by atoms with van der Waals surface area (Å²) in [5.74, 6) is 0.714. The number of carbonyl (C=O) groups excluding carboxylic acids is 1. The molecule has 1 aromatic heterocycles. The SMILES string of the molecule is COC(C)C(=O)Cc1ncnn1C(C)C. The van der Waals surface area contributed by atoms with Gasteiger partial charge in [0.05, 0.1) is 6.42 Å². The molecule has 0 aliphatic rings. The van der Waals surface area contributed by atoms with Crippen molar-refractivity contribution in [3.8, 4) is 0 Å². The fourth-order valence-corrected chi connectivity index (χ4v) is 1.26. The van der Waals surface area contributed by atoms with Crippen LogP contribution in [0.15, 0.2) is 6.33 Å². The first-order chi connectivity index (χ1) is 7.06. The highest BCUT2D eigenvalue weighted by Crippen LogP contribution is 2.07. The maximum atomic E-state index is 11.6. The van der Waals surface area contributed by atoms with Crippen molar-refractivity contribution < 1.29 is 9.53 Å². The van der Waals surface area contributed by atoms with E-state index < -0.39 is 0 Å². The van der Waals surface area contributed by atoms with Crippen LogP contribution in [0.5, 0.6) is 0 Å². The Morgan fingerprint density at radius 3 is 2.73 bits per heavy atom. The molecule has 0 N–H and O–H groups in total. The van der Waals surface area contributed by atoms with Crippen LogP contribution in [0.1, 0.15) is 32.6 Å². The minimum absolute atomic E-state index is 0.0207. The molecule has 1 heterocycles. The van der Waals surface area contributed by atoms with Crippen LogP contribution in [0.3, 0.4) is 0 Å². The molecule has 0 fully saturated rings. The molecule has 0 aliphatic heterocycles. The summed E-state index contributed by atoms with van der Waals surface area (Å²) in [7, 11) is 1.52. The third-order valence-electron chi connectivity index (χ3n) is 2.28. The molecule has 0 amide bonds. The monoisotopic (exact) mass is 211 g/mol. The lowest BCUT2D eigenvalue weighted by atomic mass is 10.2. The van der Waals surface area contributed by atoms with Crippen molar-refractivity contribution in [2.75, 3.05) is 7.11 Å². The molecular formula is C10H17N3O2. The summed E-state index contributed by atoms with van der Waals surface area (Å²) < 4.78 is 6.70. The summed E-state index contributed by atoms with van der Waals surface area (Å²) in [6.45, 7) is 5.74. The van der Waals surface area contributed by atoms with E-state index in [2.05, 4.69) is 10.1 Å². The van der Waals surface area contributed by atoms with Gasteiger partial charge in [0.1, 0.15) is 18.3 Å². The molecule has 1 rings (SSSR count). The van der Waals surface area contributed by atoms with Crippen LogP contribution in [-0.2, 0) is 16.0 Å². The number of Topliss-reactive ketones (excluding diaryl/α,β-unsaturated/α-hetero) is 1. The van der Waals surface area contributed by atoms with Crippen molar-refractivity contribution in [1.29, 1.82) is 0 Å². The van der Waals surface area contributed by atoms with Crippen LogP contribution in [0.2, 0.25) is 0 Å². The predicted molar refractivity (Wildman–Crippen MR) is 55.6 cm³/mol. The Labute approximate surface area is 89.5 Å². The van der Waals surface area contributed by atoms with Gasteiger partial charge in [-0.1, -0.05) is 0 Å². The second-order valence-electron chi connectivity index (χ2n) is 3.74. The van der Waals surface area contributed by atoms with Crippen LogP contribution in [-0.4, -0.2) is 33.8 Å². The van der Waals surface area contributed by atoms with Crippen LogP contribution >= 0.6 is 0 Å². The summed E-state index contributed by atoms with van der Waals surface area (Å²) in [4.78, 5) is 15.7. The van der Waals surface area contributed by atoms with Gasteiger partial charge in [-0.2, -0.15) is 5.10 Å². The van der Waals surface area contributed by atoms with Gasteiger partial charge in [0.15, 0.2) is 5.78 Å². The fraction of sp³-hybridized carbons (Fsp3) is 0.700. The molecule has 1 aromatic rings. The van der Waals surface area contributed by atoms with Gasteiger partial charge in [-0.3, -0.25) is 4.79 Å². The minimum Gasteiger partial charge on any atom is -0.374 e. The summed E-state index contributed by atoms with van der Waals surface area (Å²) >= 11 is 0. The van der Waals surface area contributed by atoms with Gasteiger partial charge in [0.2, 0.25) is 0 Å². The van der Waals surface area contributed by atoms with Gasteiger partial charge in [-0.15, -0.1) is 0 Å². The topological polar surface area (TPSA) is 57.0 Å². The molecular weight excluding hydrogens is 194 g/mol. The molecule has 0 aromatic carbocycles. The number of hydrogen-bond acceptors (Lipinski definition) is 4. The van der Waals surface area contributed by atoms with E-state index in [9.17, 15) is 4.79 Å². The predicted octanol–water partition coefficient (Wildman–Crippen LogP) is 1.01. The molecule has 0 bridgehead atoms. The number of carbonyl (C=O) groups is 1. The first kappa shape index (κ1) is 11.8. The minimum atomic E-state index is -0.387. The molecule has 15 heavy (non-hydrogen) atoms. The van der Waals surface area contributed by atoms with Crippen molar-refractivity contribution >= 4 is 5.78 Å². The first-order valence-corrected chi connectivity index (χ1v) is 5.00. The van der Waals surface area contributed by atoms with E-state index in [0.29, 0.717) is 5.82 Å². The van der Waals surface area contributed by atoms with Gasteiger partial charge >= 0.3 is 0 Å². The Morgan fingerprint density at radius 1 is 1.53 bits per heavy atom. The van der Waals surface area contributed by atoms with Crippen molar-refractivity contribution in [2.45, 2.75) is 39.3 Å². The molecule has 1 unspecified atom stereocenters. The largest absolute Gasteiger partial charge is 0.374 e.